The fourth-order valence-corrected chi connectivity index (χ4v) is 2.20. The van der Waals surface area contributed by atoms with Gasteiger partial charge in [-0.15, -0.1) is 6.58 Å². The summed E-state index contributed by atoms with van der Waals surface area (Å²) < 4.78 is 0. The van der Waals surface area contributed by atoms with Crippen molar-refractivity contribution in [1.29, 1.82) is 0 Å². The summed E-state index contributed by atoms with van der Waals surface area (Å²) in [5.41, 5.74) is 0.804. The molecule has 1 aromatic carbocycles. The molecular formula is C14H15Cl2NO3. The van der Waals surface area contributed by atoms with Gasteiger partial charge < -0.3 is 10.0 Å². The van der Waals surface area contributed by atoms with E-state index in [-0.39, 0.29) is 25.4 Å². The van der Waals surface area contributed by atoms with Crippen molar-refractivity contribution >= 4 is 35.1 Å². The van der Waals surface area contributed by atoms with Crippen molar-refractivity contribution in [2.24, 2.45) is 0 Å². The Kier molecular flexibility index (Phi) is 6.55. The lowest BCUT2D eigenvalue weighted by molar-refractivity contribution is -0.144. The summed E-state index contributed by atoms with van der Waals surface area (Å²) in [6.07, 6.45) is 2.11. The molecule has 1 aromatic rings. The molecule has 1 rings (SSSR count). The van der Waals surface area contributed by atoms with Crippen molar-refractivity contribution in [1.82, 2.24) is 4.90 Å². The Morgan fingerprint density at radius 1 is 1.35 bits per heavy atom. The first-order chi connectivity index (χ1) is 9.43. The average molecular weight is 316 g/mol. The molecule has 0 saturated heterocycles. The Balaban J connectivity index is 2.64. The molecule has 6 heteroatoms. The van der Waals surface area contributed by atoms with E-state index in [2.05, 4.69) is 6.58 Å². The molecule has 0 unspecified atom stereocenters. The maximum Gasteiger partial charge on any atom is 0.323 e. The Morgan fingerprint density at radius 3 is 2.60 bits per heavy atom. The van der Waals surface area contributed by atoms with E-state index in [9.17, 15) is 9.59 Å². The summed E-state index contributed by atoms with van der Waals surface area (Å²) in [5, 5.41) is 9.79. The van der Waals surface area contributed by atoms with Crippen LogP contribution in [0.5, 0.6) is 0 Å². The first-order valence-electron chi connectivity index (χ1n) is 5.98. The number of nitrogens with zero attached hydrogens (tertiary/aromatic N) is 1. The van der Waals surface area contributed by atoms with E-state index in [0.717, 1.165) is 5.56 Å². The van der Waals surface area contributed by atoms with E-state index in [1.807, 2.05) is 0 Å². The molecule has 1 amide bonds. The smallest absolute Gasteiger partial charge is 0.323 e. The van der Waals surface area contributed by atoms with Gasteiger partial charge in [0.15, 0.2) is 0 Å². The van der Waals surface area contributed by atoms with E-state index >= 15 is 0 Å². The molecule has 0 aliphatic heterocycles. The molecule has 0 saturated carbocycles. The molecule has 108 valence electrons. The lowest BCUT2D eigenvalue weighted by Crippen LogP contribution is -2.35. The normalized spacial score (nSPS) is 10.1. The van der Waals surface area contributed by atoms with E-state index in [4.69, 9.17) is 28.3 Å². The van der Waals surface area contributed by atoms with Gasteiger partial charge in [0.05, 0.1) is 0 Å². The number of carbonyl (C=O) groups is 2. The van der Waals surface area contributed by atoms with Crippen molar-refractivity contribution in [2.75, 3.05) is 13.1 Å². The number of hydrogen-bond donors (Lipinski definition) is 1. The molecule has 0 aliphatic rings. The van der Waals surface area contributed by atoms with Crippen LogP contribution in [-0.4, -0.2) is 35.0 Å². The molecule has 0 aromatic heterocycles. The van der Waals surface area contributed by atoms with Gasteiger partial charge in [-0.25, -0.2) is 0 Å². The Hall–Kier alpha value is -1.52. The molecule has 20 heavy (non-hydrogen) atoms. The molecule has 0 heterocycles. The average Bonchev–Trinajstić information content (AvgIpc) is 2.36. The first-order valence-corrected chi connectivity index (χ1v) is 6.74. The van der Waals surface area contributed by atoms with Gasteiger partial charge in [0, 0.05) is 23.0 Å². The second-order valence-corrected chi connectivity index (χ2v) is 5.04. The highest BCUT2D eigenvalue weighted by molar-refractivity contribution is 6.35. The molecule has 4 nitrogen and oxygen atoms in total. The van der Waals surface area contributed by atoms with Crippen LogP contribution in [0.4, 0.5) is 0 Å². The summed E-state index contributed by atoms with van der Waals surface area (Å²) >= 11 is 11.8. The molecule has 0 atom stereocenters. The highest BCUT2D eigenvalue weighted by Crippen LogP contribution is 2.22. The van der Waals surface area contributed by atoms with Crippen LogP contribution in [-0.2, 0) is 16.0 Å². The van der Waals surface area contributed by atoms with Gasteiger partial charge in [0.1, 0.15) is 6.54 Å². The number of carboxylic acids is 1. The van der Waals surface area contributed by atoms with Crippen LogP contribution in [0.25, 0.3) is 0 Å². The van der Waals surface area contributed by atoms with Crippen LogP contribution in [0, 0.1) is 0 Å². The maximum atomic E-state index is 12.0. The van der Waals surface area contributed by atoms with Crippen LogP contribution < -0.4 is 0 Å². The number of halogens is 2. The summed E-state index contributed by atoms with van der Waals surface area (Å²) in [4.78, 5) is 23.9. The number of hydrogen-bond acceptors (Lipinski definition) is 2. The van der Waals surface area contributed by atoms with Crippen molar-refractivity contribution in [3.63, 3.8) is 0 Å². The number of amides is 1. The third kappa shape index (κ3) is 5.23. The van der Waals surface area contributed by atoms with Crippen molar-refractivity contribution < 1.29 is 14.7 Å². The zero-order valence-corrected chi connectivity index (χ0v) is 12.3. The van der Waals surface area contributed by atoms with Crippen molar-refractivity contribution in [3.8, 4) is 0 Å². The zero-order chi connectivity index (χ0) is 15.1. The SMILES string of the molecule is C=CCN(CC(=O)O)C(=O)CCc1ccc(Cl)cc1Cl. The predicted molar refractivity (Wildman–Crippen MR) is 79.2 cm³/mol. The maximum absolute atomic E-state index is 12.0. The van der Waals surface area contributed by atoms with Gasteiger partial charge in [0.25, 0.3) is 0 Å². The second kappa shape index (κ2) is 7.92. The highest BCUT2D eigenvalue weighted by atomic mass is 35.5. The zero-order valence-electron chi connectivity index (χ0n) is 10.8. The van der Waals surface area contributed by atoms with E-state index < -0.39 is 5.97 Å². The summed E-state index contributed by atoms with van der Waals surface area (Å²) in [6.45, 7) is 3.38. The Labute approximate surface area is 127 Å². The van der Waals surface area contributed by atoms with E-state index in [0.29, 0.717) is 16.5 Å². The topological polar surface area (TPSA) is 57.6 Å². The lowest BCUT2D eigenvalue weighted by atomic mass is 10.1. The lowest BCUT2D eigenvalue weighted by Gasteiger charge is -2.18. The fourth-order valence-electron chi connectivity index (χ4n) is 1.70. The van der Waals surface area contributed by atoms with Crippen molar-refractivity contribution in [2.45, 2.75) is 12.8 Å². The minimum absolute atomic E-state index is 0.183. The predicted octanol–water partition coefficient (Wildman–Crippen LogP) is 3.03. The third-order valence-corrected chi connectivity index (χ3v) is 3.24. The minimum atomic E-state index is -1.05. The summed E-state index contributed by atoms with van der Waals surface area (Å²) in [5.74, 6) is -1.30. The monoisotopic (exact) mass is 315 g/mol. The Bertz CT molecular complexity index is 517. The van der Waals surface area contributed by atoms with E-state index in [1.165, 1.54) is 11.0 Å². The standard InChI is InChI=1S/C14H15Cl2NO3/c1-2-7-17(9-14(19)20)13(18)6-4-10-3-5-11(15)8-12(10)16/h2-3,5,8H,1,4,6-7,9H2,(H,19,20). The molecule has 0 bridgehead atoms. The third-order valence-electron chi connectivity index (χ3n) is 2.65. The van der Waals surface area contributed by atoms with Crippen molar-refractivity contribution in [3.05, 3.63) is 46.5 Å². The number of rotatable bonds is 7. The number of carboxylic acid groups (broad SMARTS) is 1. The van der Waals surface area contributed by atoms with Gasteiger partial charge in [-0.2, -0.15) is 0 Å². The van der Waals surface area contributed by atoms with E-state index in [1.54, 1.807) is 18.2 Å². The van der Waals surface area contributed by atoms with Crippen LogP contribution in [0.2, 0.25) is 10.0 Å². The first kappa shape index (κ1) is 16.5. The quantitative estimate of drug-likeness (QED) is 0.787. The molecule has 0 fully saturated rings. The fraction of sp³-hybridized carbons (Fsp3) is 0.286. The molecule has 1 N–H and O–H groups in total. The Morgan fingerprint density at radius 2 is 2.05 bits per heavy atom. The van der Waals surface area contributed by atoms with Crippen LogP contribution >= 0.6 is 23.2 Å². The number of carbonyl (C=O) groups excluding carboxylic acids is 1. The molecule has 0 spiro atoms. The number of benzene rings is 1. The summed E-state index contributed by atoms with van der Waals surface area (Å²) in [6, 6.07) is 5.07. The van der Waals surface area contributed by atoms with Gasteiger partial charge in [-0.05, 0) is 24.1 Å². The van der Waals surface area contributed by atoms with Crippen LogP contribution in [0.1, 0.15) is 12.0 Å². The second-order valence-electron chi connectivity index (χ2n) is 4.19. The van der Waals surface area contributed by atoms with Crippen LogP contribution in [0.3, 0.4) is 0 Å². The molecule has 0 aliphatic carbocycles. The number of aliphatic carboxylic acids is 1. The van der Waals surface area contributed by atoms with Crippen LogP contribution in [0.15, 0.2) is 30.9 Å². The summed E-state index contributed by atoms with van der Waals surface area (Å²) in [7, 11) is 0. The van der Waals surface area contributed by atoms with Gasteiger partial charge >= 0.3 is 5.97 Å². The molecular weight excluding hydrogens is 301 g/mol. The number of aryl methyl sites for hydroxylation is 1. The van der Waals surface area contributed by atoms with Gasteiger partial charge in [0.2, 0.25) is 5.91 Å². The largest absolute Gasteiger partial charge is 0.480 e. The molecule has 0 radical (unpaired) electrons. The highest BCUT2D eigenvalue weighted by Gasteiger charge is 2.15. The van der Waals surface area contributed by atoms with Gasteiger partial charge in [-0.1, -0.05) is 35.3 Å². The minimum Gasteiger partial charge on any atom is -0.480 e. The van der Waals surface area contributed by atoms with Gasteiger partial charge in [-0.3, -0.25) is 9.59 Å².